The van der Waals surface area contributed by atoms with E-state index in [0.29, 0.717) is 60.3 Å². The molecule has 0 spiro atoms. The molecule has 43 heavy (non-hydrogen) atoms. The lowest BCUT2D eigenvalue weighted by Gasteiger charge is -2.46. The molecule has 2 aromatic heterocycles. The topological polar surface area (TPSA) is 84.5 Å². The standard InChI is InChI=1S/C31H35ClF2N8O/c1-6-24(43)41-13-18(5)42(14-17(41)4)30-21-11-22(32)25(26-23(33)10-9-19-12-35-38-28(19)26)27(34)29(21)36-31(37-30)40-15-20(16-40)39(7-2)8-3/h6,9-12,17-18,20H,1,7-8,13-16H2,2-5H3,(H,35,38)/t17-,18+/m1/s1. The average molecular weight is 609 g/mol. The Hall–Kier alpha value is -3.83. The Morgan fingerprint density at radius 2 is 1.86 bits per heavy atom. The Kier molecular flexibility index (Phi) is 7.72. The fraction of sp³-hybridized carbons (Fsp3) is 0.419. The Bertz CT molecular complexity index is 1720. The number of fused-ring (bicyclic) bond motifs is 2. The zero-order valence-corrected chi connectivity index (χ0v) is 25.5. The molecule has 2 aliphatic heterocycles. The second kappa shape index (κ2) is 11.3. The zero-order chi connectivity index (χ0) is 30.6. The molecular weight excluding hydrogens is 574 g/mol. The number of nitrogens with zero attached hydrogens (tertiary/aromatic N) is 7. The van der Waals surface area contributed by atoms with Crippen molar-refractivity contribution < 1.29 is 13.6 Å². The maximum absolute atomic E-state index is 16.8. The number of hydrogen-bond donors (Lipinski definition) is 1. The lowest BCUT2D eigenvalue weighted by molar-refractivity contribution is -0.128. The maximum atomic E-state index is 16.8. The second-order valence-corrected chi connectivity index (χ2v) is 11.8. The summed E-state index contributed by atoms with van der Waals surface area (Å²) in [6, 6.07) is 4.56. The number of amides is 1. The lowest BCUT2D eigenvalue weighted by Crippen LogP contribution is -2.60. The van der Waals surface area contributed by atoms with E-state index in [2.05, 4.69) is 40.4 Å². The van der Waals surface area contributed by atoms with Gasteiger partial charge in [-0.1, -0.05) is 32.0 Å². The fourth-order valence-corrected chi connectivity index (χ4v) is 6.71. The summed E-state index contributed by atoms with van der Waals surface area (Å²) < 4.78 is 32.1. The third-order valence-electron chi connectivity index (χ3n) is 8.86. The lowest BCUT2D eigenvalue weighted by atomic mass is 9.99. The molecule has 6 rings (SSSR count). The van der Waals surface area contributed by atoms with E-state index in [1.807, 2.05) is 18.7 Å². The molecule has 1 amide bonds. The summed E-state index contributed by atoms with van der Waals surface area (Å²) in [6.45, 7) is 16.1. The normalized spacial score (nSPS) is 19.5. The summed E-state index contributed by atoms with van der Waals surface area (Å²) in [5.41, 5.74) is 0.339. The first kappa shape index (κ1) is 29.3. The van der Waals surface area contributed by atoms with Crippen molar-refractivity contribution in [1.29, 1.82) is 0 Å². The summed E-state index contributed by atoms with van der Waals surface area (Å²) in [4.78, 5) is 30.5. The van der Waals surface area contributed by atoms with Gasteiger partial charge in [0.15, 0.2) is 5.82 Å². The van der Waals surface area contributed by atoms with Crippen LogP contribution in [0.25, 0.3) is 32.9 Å². The number of likely N-dealkylation sites (N-methyl/N-ethyl adjacent to an activating group) is 1. The predicted molar refractivity (Wildman–Crippen MR) is 167 cm³/mol. The van der Waals surface area contributed by atoms with Crippen LogP contribution in [-0.4, -0.2) is 93.3 Å². The molecule has 0 aliphatic carbocycles. The SMILES string of the molecule is C=CC(=O)N1C[C@H](C)N(c2nc(N3CC(N(CC)CC)C3)nc3c(F)c(-c4c(F)ccc5cn[nH]c45)c(Cl)cc23)C[C@H]1C. The molecule has 4 aromatic rings. The minimum atomic E-state index is -0.726. The summed E-state index contributed by atoms with van der Waals surface area (Å²) in [5.74, 6) is -0.548. The second-order valence-electron chi connectivity index (χ2n) is 11.4. The van der Waals surface area contributed by atoms with Gasteiger partial charge in [-0.15, -0.1) is 0 Å². The smallest absolute Gasteiger partial charge is 0.246 e. The first-order valence-corrected chi connectivity index (χ1v) is 15.0. The summed E-state index contributed by atoms with van der Waals surface area (Å²) in [7, 11) is 0. The van der Waals surface area contributed by atoms with Gasteiger partial charge in [0.1, 0.15) is 17.2 Å². The summed E-state index contributed by atoms with van der Waals surface area (Å²) in [6.07, 6.45) is 2.88. The molecule has 226 valence electrons. The van der Waals surface area contributed by atoms with E-state index in [-0.39, 0.29) is 39.7 Å². The molecule has 0 bridgehead atoms. The van der Waals surface area contributed by atoms with E-state index in [0.717, 1.165) is 13.1 Å². The van der Waals surface area contributed by atoms with E-state index in [1.54, 1.807) is 23.2 Å². The highest BCUT2D eigenvalue weighted by atomic mass is 35.5. The molecule has 2 aliphatic rings. The van der Waals surface area contributed by atoms with Crippen LogP contribution < -0.4 is 9.80 Å². The van der Waals surface area contributed by atoms with Crippen LogP contribution in [0.1, 0.15) is 27.7 Å². The van der Waals surface area contributed by atoms with Crippen molar-refractivity contribution in [3.8, 4) is 11.1 Å². The van der Waals surface area contributed by atoms with Crippen LogP contribution in [0.15, 0.2) is 37.1 Å². The van der Waals surface area contributed by atoms with E-state index in [1.165, 1.54) is 12.1 Å². The Morgan fingerprint density at radius 1 is 1.12 bits per heavy atom. The van der Waals surface area contributed by atoms with Crippen LogP contribution in [0.3, 0.4) is 0 Å². The highest BCUT2D eigenvalue weighted by Gasteiger charge is 2.37. The van der Waals surface area contributed by atoms with Crippen molar-refractivity contribution in [2.45, 2.75) is 45.8 Å². The van der Waals surface area contributed by atoms with Gasteiger partial charge in [-0.25, -0.2) is 13.8 Å². The molecule has 4 heterocycles. The van der Waals surface area contributed by atoms with Gasteiger partial charge in [0.2, 0.25) is 11.9 Å². The van der Waals surface area contributed by atoms with E-state index < -0.39 is 11.6 Å². The number of halogens is 3. The molecule has 2 saturated heterocycles. The molecule has 2 fully saturated rings. The number of carbonyl (C=O) groups excluding carboxylic acids is 1. The van der Waals surface area contributed by atoms with Crippen LogP contribution in [0.2, 0.25) is 5.02 Å². The molecular formula is C31H35ClF2N8O. The van der Waals surface area contributed by atoms with Crippen LogP contribution >= 0.6 is 11.6 Å². The van der Waals surface area contributed by atoms with Crippen molar-refractivity contribution >= 4 is 51.1 Å². The first-order valence-electron chi connectivity index (χ1n) is 14.7. The van der Waals surface area contributed by atoms with Gasteiger partial charge in [-0.3, -0.25) is 14.8 Å². The van der Waals surface area contributed by atoms with Crippen molar-refractivity contribution in [2.24, 2.45) is 0 Å². The van der Waals surface area contributed by atoms with E-state index in [4.69, 9.17) is 21.6 Å². The number of rotatable bonds is 7. The zero-order valence-electron chi connectivity index (χ0n) is 24.7. The number of H-pyrrole nitrogens is 1. The number of anilines is 2. The van der Waals surface area contributed by atoms with Crippen molar-refractivity contribution in [1.82, 2.24) is 30.0 Å². The van der Waals surface area contributed by atoms with Gasteiger partial charge in [0, 0.05) is 66.2 Å². The predicted octanol–water partition coefficient (Wildman–Crippen LogP) is 5.25. The van der Waals surface area contributed by atoms with Crippen molar-refractivity contribution in [3.05, 3.63) is 53.7 Å². The van der Waals surface area contributed by atoms with Crippen molar-refractivity contribution in [2.75, 3.05) is 49.1 Å². The number of benzene rings is 2. The molecule has 0 saturated carbocycles. The van der Waals surface area contributed by atoms with Gasteiger partial charge < -0.3 is 14.7 Å². The Morgan fingerprint density at radius 3 is 2.56 bits per heavy atom. The largest absolute Gasteiger partial charge is 0.349 e. The average Bonchev–Trinajstić information content (AvgIpc) is 3.45. The fourth-order valence-electron chi connectivity index (χ4n) is 6.43. The molecule has 1 N–H and O–H groups in total. The monoisotopic (exact) mass is 608 g/mol. The van der Waals surface area contributed by atoms with Crippen LogP contribution in [-0.2, 0) is 4.79 Å². The highest BCUT2D eigenvalue weighted by Crippen LogP contribution is 2.42. The van der Waals surface area contributed by atoms with Gasteiger partial charge >= 0.3 is 0 Å². The Labute approximate surface area is 254 Å². The minimum Gasteiger partial charge on any atom is -0.349 e. The number of nitrogens with one attached hydrogen (secondary N) is 1. The third-order valence-corrected chi connectivity index (χ3v) is 9.16. The first-order chi connectivity index (χ1) is 20.7. The molecule has 2 aromatic carbocycles. The maximum Gasteiger partial charge on any atom is 0.246 e. The van der Waals surface area contributed by atoms with Crippen LogP contribution in [0, 0.1) is 11.6 Å². The Balaban J connectivity index is 1.51. The van der Waals surface area contributed by atoms with Gasteiger partial charge in [0.05, 0.1) is 16.7 Å². The van der Waals surface area contributed by atoms with E-state index in [9.17, 15) is 4.79 Å². The number of aromatic nitrogens is 4. The number of piperazine rings is 1. The number of hydrogen-bond acceptors (Lipinski definition) is 7. The number of carbonyl (C=O) groups is 1. The van der Waals surface area contributed by atoms with Gasteiger partial charge in [-0.05, 0) is 51.2 Å². The van der Waals surface area contributed by atoms with Crippen LogP contribution in [0.5, 0.6) is 0 Å². The summed E-state index contributed by atoms with van der Waals surface area (Å²) >= 11 is 6.77. The minimum absolute atomic E-state index is 0.00482. The molecule has 9 nitrogen and oxygen atoms in total. The van der Waals surface area contributed by atoms with E-state index >= 15 is 8.78 Å². The number of aromatic amines is 1. The quantitative estimate of drug-likeness (QED) is 0.287. The van der Waals surface area contributed by atoms with Crippen LogP contribution in [0.4, 0.5) is 20.5 Å². The molecule has 2 atom stereocenters. The molecule has 12 heteroatoms. The van der Waals surface area contributed by atoms with Crippen molar-refractivity contribution in [3.63, 3.8) is 0 Å². The molecule has 0 unspecified atom stereocenters. The van der Waals surface area contributed by atoms with Gasteiger partial charge in [-0.2, -0.15) is 10.1 Å². The third kappa shape index (κ3) is 4.88. The molecule has 0 radical (unpaired) electrons. The summed E-state index contributed by atoms with van der Waals surface area (Å²) in [5, 5.41) is 7.91. The van der Waals surface area contributed by atoms with Gasteiger partial charge in [0.25, 0.3) is 0 Å². The highest BCUT2D eigenvalue weighted by molar-refractivity contribution is 6.35.